The molecule has 1 atom stereocenters. The van der Waals surface area contributed by atoms with Crippen molar-refractivity contribution in [2.75, 3.05) is 11.9 Å². The van der Waals surface area contributed by atoms with E-state index >= 15 is 0 Å². The van der Waals surface area contributed by atoms with Crippen molar-refractivity contribution in [2.45, 2.75) is 33.1 Å². The van der Waals surface area contributed by atoms with E-state index < -0.39 is 6.03 Å². The predicted molar refractivity (Wildman–Crippen MR) is 106 cm³/mol. The molecule has 0 bridgehead atoms. The van der Waals surface area contributed by atoms with Gasteiger partial charge in [-0.05, 0) is 49.1 Å². The Bertz CT molecular complexity index is 812. The molecule has 138 valence electrons. The maximum absolute atomic E-state index is 12.4. The molecule has 0 radical (unpaired) electrons. The Morgan fingerprint density at radius 3 is 3.04 bits per heavy atom. The molecule has 2 amide bonds. The molecule has 0 saturated heterocycles. The van der Waals surface area contributed by atoms with Crippen molar-refractivity contribution in [3.63, 3.8) is 0 Å². The molecule has 6 nitrogen and oxygen atoms in total. The van der Waals surface area contributed by atoms with Gasteiger partial charge in [0.2, 0.25) is 0 Å². The highest BCUT2D eigenvalue weighted by atomic mass is 32.1. The fraction of sp³-hybridized carbons (Fsp3) is 0.389. The van der Waals surface area contributed by atoms with Crippen LogP contribution in [0.2, 0.25) is 0 Å². The number of hydrogen-bond acceptors (Lipinski definition) is 6. The average Bonchev–Trinajstić information content (AvgIpc) is 3.22. The van der Waals surface area contributed by atoms with Gasteiger partial charge in [-0.25, -0.2) is 15.0 Å². The summed E-state index contributed by atoms with van der Waals surface area (Å²) in [5.41, 5.74) is 3.95. The number of urea groups is 1. The number of rotatable bonds is 5. The van der Waals surface area contributed by atoms with E-state index in [1.165, 1.54) is 22.7 Å². The summed E-state index contributed by atoms with van der Waals surface area (Å²) in [7, 11) is 0. The summed E-state index contributed by atoms with van der Waals surface area (Å²) in [5, 5.41) is 9.15. The van der Waals surface area contributed by atoms with E-state index in [1.807, 2.05) is 17.5 Å². The van der Waals surface area contributed by atoms with Crippen LogP contribution in [-0.2, 0) is 17.6 Å². The van der Waals surface area contributed by atoms with Gasteiger partial charge < -0.3 is 4.74 Å². The lowest BCUT2D eigenvalue weighted by atomic mass is 9.88. The number of nitrogens with one attached hydrogen (secondary N) is 2. The van der Waals surface area contributed by atoms with E-state index in [0.29, 0.717) is 23.1 Å². The largest absolute Gasteiger partial charge is 0.462 e. The SMILES string of the molecule is CCOC(=O)c1c(NC(=O)N/N=C/c2cccs2)sc2c1CCC(C)C2. The van der Waals surface area contributed by atoms with Gasteiger partial charge in [0.25, 0.3) is 0 Å². The first-order valence-corrected chi connectivity index (χ1v) is 10.2. The van der Waals surface area contributed by atoms with Crippen molar-refractivity contribution in [3.05, 3.63) is 38.4 Å². The minimum absolute atomic E-state index is 0.302. The second-order valence-corrected chi connectivity index (χ2v) is 8.20. The monoisotopic (exact) mass is 391 g/mol. The number of nitrogens with zero attached hydrogens (tertiary/aromatic N) is 1. The topological polar surface area (TPSA) is 79.8 Å². The molecule has 2 N–H and O–H groups in total. The average molecular weight is 392 g/mol. The van der Waals surface area contributed by atoms with Crippen LogP contribution in [-0.4, -0.2) is 24.8 Å². The number of anilines is 1. The quantitative estimate of drug-likeness (QED) is 0.454. The Labute approximate surface area is 160 Å². The van der Waals surface area contributed by atoms with Crippen LogP contribution in [0.5, 0.6) is 0 Å². The van der Waals surface area contributed by atoms with Gasteiger partial charge in [0.1, 0.15) is 5.00 Å². The van der Waals surface area contributed by atoms with Crippen LogP contribution >= 0.6 is 22.7 Å². The highest BCUT2D eigenvalue weighted by molar-refractivity contribution is 7.17. The van der Waals surface area contributed by atoms with Gasteiger partial charge in [0.05, 0.1) is 18.4 Å². The van der Waals surface area contributed by atoms with Crippen molar-refractivity contribution in [2.24, 2.45) is 11.0 Å². The Hall–Kier alpha value is -2.19. The van der Waals surface area contributed by atoms with Crippen LogP contribution in [0.1, 0.15) is 45.9 Å². The molecule has 2 heterocycles. The number of hydrogen-bond donors (Lipinski definition) is 2. The van der Waals surface area contributed by atoms with Gasteiger partial charge in [-0.2, -0.15) is 5.10 Å². The summed E-state index contributed by atoms with van der Waals surface area (Å²) in [4.78, 5) is 26.7. The fourth-order valence-corrected chi connectivity index (χ4v) is 4.89. The Morgan fingerprint density at radius 1 is 1.46 bits per heavy atom. The van der Waals surface area contributed by atoms with Crippen molar-refractivity contribution in [1.82, 2.24) is 5.43 Å². The van der Waals surface area contributed by atoms with Gasteiger partial charge in [-0.1, -0.05) is 13.0 Å². The first kappa shape index (κ1) is 18.6. The lowest BCUT2D eigenvalue weighted by molar-refractivity contribution is 0.0526. The maximum atomic E-state index is 12.4. The number of esters is 1. The number of thiophene rings is 2. The Morgan fingerprint density at radius 2 is 2.31 bits per heavy atom. The lowest BCUT2D eigenvalue weighted by Crippen LogP contribution is -2.25. The molecule has 1 aliphatic rings. The van der Waals surface area contributed by atoms with Crippen LogP contribution in [0.4, 0.5) is 9.80 Å². The van der Waals surface area contributed by atoms with Gasteiger partial charge in [0, 0.05) is 9.75 Å². The van der Waals surface area contributed by atoms with Crippen LogP contribution in [0.25, 0.3) is 0 Å². The number of carbonyl (C=O) groups is 2. The van der Waals surface area contributed by atoms with Crippen LogP contribution in [0.3, 0.4) is 0 Å². The molecule has 0 aromatic carbocycles. The van der Waals surface area contributed by atoms with E-state index in [9.17, 15) is 9.59 Å². The van der Waals surface area contributed by atoms with Gasteiger partial charge >= 0.3 is 12.0 Å². The molecule has 0 saturated carbocycles. The second kappa shape index (κ2) is 8.46. The number of ether oxygens (including phenoxy) is 1. The van der Waals surface area contributed by atoms with Crippen molar-refractivity contribution in [3.8, 4) is 0 Å². The number of fused-ring (bicyclic) bond motifs is 1. The fourth-order valence-electron chi connectivity index (χ4n) is 2.91. The smallest absolute Gasteiger partial charge is 0.341 e. The molecule has 0 fully saturated rings. The summed E-state index contributed by atoms with van der Waals surface area (Å²) in [5.74, 6) is 0.199. The molecular formula is C18H21N3O3S2. The zero-order valence-electron chi connectivity index (χ0n) is 14.7. The minimum atomic E-state index is -0.477. The Balaban J connectivity index is 1.75. The number of hydrazone groups is 1. The Kier molecular flexibility index (Phi) is 6.05. The molecule has 0 aliphatic heterocycles. The van der Waals surface area contributed by atoms with Crippen LogP contribution in [0, 0.1) is 5.92 Å². The molecule has 0 spiro atoms. The summed E-state index contributed by atoms with van der Waals surface area (Å²) >= 11 is 2.99. The standard InChI is InChI=1S/C18H21N3O3S2/c1-3-24-17(22)15-13-7-6-11(2)9-14(13)26-16(15)20-18(23)21-19-10-12-5-4-8-25-12/h4-5,8,10-11H,3,6-7,9H2,1-2H3,(H2,20,21,23)/b19-10+. The van der Waals surface area contributed by atoms with E-state index in [1.54, 1.807) is 13.1 Å². The molecule has 3 rings (SSSR count). The highest BCUT2D eigenvalue weighted by Gasteiger charge is 2.29. The first-order valence-electron chi connectivity index (χ1n) is 8.53. The lowest BCUT2D eigenvalue weighted by Gasteiger charge is -2.18. The van der Waals surface area contributed by atoms with Gasteiger partial charge in [-0.15, -0.1) is 22.7 Å². The van der Waals surface area contributed by atoms with E-state index in [2.05, 4.69) is 22.8 Å². The molecule has 1 unspecified atom stereocenters. The third-order valence-corrected chi connectivity index (χ3v) is 6.10. The zero-order chi connectivity index (χ0) is 18.5. The summed E-state index contributed by atoms with van der Waals surface area (Å²) in [6, 6.07) is 3.34. The normalized spacial score (nSPS) is 16.3. The molecule has 2 aromatic rings. The van der Waals surface area contributed by atoms with Gasteiger partial charge in [0.15, 0.2) is 0 Å². The highest BCUT2D eigenvalue weighted by Crippen LogP contribution is 2.40. The predicted octanol–water partition coefficient (Wildman–Crippen LogP) is 4.27. The number of amides is 2. The third kappa shape index (κ3) is 4.31. The van der Waals surface area contributed by atoms with Crippen LogP contribution < -0.4 is 10.7 Å². The zero-order valence-corrected chi connectivity index (χ0v) is 16.3. The van der Waals surface area contributed by atoms with E-state index in [0.717, 1.165) is 34.6 Å². The van der Waals surface area contributed by atoms with Crippen molar-refractivity contribution < 1.29 is 14.3 Å². The first-order chi connectivity index (χ1) is 12.6. The summed E-state index contributed by atoms with van der Waals surface area (Å²) in [6.45, 7) is 4.28. The summed E-state index contributed by atoms with van der Waals surface area (Å²) < 4.78 is 5.20. The molecule has 8 heteroatoms. The van der Waals surface area contributed by atoms with Crippen molar-refractivity contribution >= 4 is 45.9 Å². The number of carbonyl (C=O) groups excluding carboxylic acids is 2. The van der Waals surface area contributed by atoms with Crippen LogP contribution in [0.15, 0.2) is 22.6 Å². The van der Waals surface area contributed by atoms with Gasteiger partial charge in [-0.3, -0.25) is 5.32 Å². The third-order valence-electron chi connectivity index (χ3n) is 4.12. The molecule has 26 heavy (non-hydrogen) atoms. The molecular weight excluding hydrogens is 370 g/mol. The molecule has 2 aromatic heterocycles. The minimum Gasteiger partial charge on any atom is -0.462 e. The van der Waals surface area contributed by atoms with Crippen molar-refractivity contribution in [1.29, 1.82) is 0 Å². The maximum Gasteiger partial charge on any atom is 0.341 e. The molecule has 1 aliphatic carbocycles. The summed E-state index contributed by atoms with van der Waals surface area (Å²) in [6.07, 6.45) is 4.37. The second-order valence-electron chi connectivity index (χ2n) is 6.12. The van der Waals surface area contributed by atoms with E-state index in [-0.39, 0.29) is 5.97 Å². The van der Waals surface area contributed by atoms with E-state index in [4.69, 9.17) is 4.74 Å².